The Morgan fingerprint density at radius 1 is 1.29 bits per heavy atom. The number of guanidine groups is 1. The average Bonchev–Trinajstić information content (AvgIpc) is 2.41. The van der Waals surface area contributed by atoms with Gasteiger partial charge in [0.2, 0.25) is 0 Å². The second kappa shape index (κ2) is 7.47. The molecule has 0 fully saturated rings. The van der Waals surface area contributed by atoms with Gasteiger partial charge in [-0.05, 0) is 26.8 Å². The zero-order chi connectivity index (χ0) is 15.9. The molecule has 0 aromatic heterocycles. The third-order valence-corrected chi connectivity index (χ3v) is 2.55. The molecule has 21 heavy (non-hydrogen) atoms. The summed E-state index contributed by atoms with van der Waals surface area (Å²) in [5, 5.41) is 20.3. The molecule has 116 valence electrons. The topological polar surface area (TPSA) is 91.6 Å². The first-order valence-corrected chi connectivity index (χ1v) is 6.79. The van der Waals surface area contributed by atoms with Crippen LogP contribution in [0.2, 0.25) is 0 Å². The molecule has 3 N–H and O–H groups in total. The third-order valence-electron chi connectivity index (χ3n) is 2.55. The summed E-state index contributed by atoms with van der Waals surface area (Å²) >= 11 is 0. The highest BCUT2D eigenvalue weighted by atomic mass is 16.6. The van der Waals surface area contributed by atoms with Gasteiger partial charge in [-0.2, -0.15) is 0 Å². The number of hydrogen-bond donors (Lipinski definition) is 3. The van der Waals surface area contributed by atoms with Crippen LogP contribution in [0.15, 0.2) is 29.3 Å². The SMILES string of the molecule is CN=C(NCCNc1ccccc1[N+](=O)[O-])NC(C)(C)C. The van der Waals surface area contributed by atoms with E-state index in [1.54, 1.807) is 25.2 Å². The van der Waals surface area contributed by atoms with Gasteiger partial charge in [-0.1, -0.05) is 12.1 Å². The summed E-state index contributed by atoms with van der Waals surface area (Å²) in [5.41, 5.74) is 0.519. The van der Waals surface area contributed by atoms with E-state index < -0.39 is 4.92 Å². The Morgan fingerprint density at radius 3 is 2.52 bits per heavy atom. The van der Waals surface area contributed by atoms with Crippen molar-refractivity contribution in [3.63, 3.8) is 0 Å². The molecule has 0 unspecified atom stereocenters. The summed E-state index contributed by atoms with van der Waals surface area (Å²) in [6.45, 7) is 7.29. The summed E-state index contributed by atoms with van der Waals surface area (Å²) in [5.74, 6) is 0.701. The van der Waals surface area contributed by atoms with Crippen molar-refractivity contribution in [3.05, 3.63) is 34.4 Å². The van der Waals surface area contributed by atoms with Gasteiger partial charge in [0.25, 0.3) is 5.69 Å². The van der Waals surface area contributed by atoms with Gasteiger partial charge in [0.05, 0.1) is 4.92 Å². The van der Waals surface area contributed by atoms with Crippen LogP contribution in [0.4, 0.5) is 11.4 Å². The van der Waals surface area contributed by atoms with E-state index in [0.717, 1.165) is 0 Å². The van der Waals surface area contributed by atoms with Gasteiger partial charge >= 0.3 is 0 Å². The molecule has 0 heterocycles. The minimum atomic E-state index is -0.393. The fourth-order valence-electron chi connectivity index (χ4n) is 1.69. The van der Waals surface area contributed by atoms with Crippen LogP contribution in [0, 0.1) is 10.1 Å². The molecule has 0 aliphatic carbocycles. The second-order valence-electron chi connectivity index (χ2n) is 5.58. The maximum Gasteiger partial charge on any atom is 0.292 e. The van der Waals surface area contributed by atoms with Crippen molar-refractivity contribution in [1.29, 1.82) is 0 Å². The molecule has 0 saturated heterocycles. The lowest BCUT2D eigenvalue weighted by Crippen LogP contribution is -2.48. The van der Waals surface area contributed by atoms with E-state index in [0.29, 0.717) is 24.7 Å². The maximum atomic E-state index is 10.9. The number of nitro benzene ring substituents is 1. The first-order chi connectivity index (χ1) is 9.83. The molecular weight excluding hydrogens is 270 g/mol. The predicted molar refractivity (Wildman–Crippen MR) is 85.8 cm³/mol. The lowest BCUT2D eigenvalue weighted by Gasteiger charge is -2.23. The smallest absolute Gasteiger partial charge is 0.292 e. The van der Waals surface area contributed by atoms with E-state index in [2.05, 4.69) is 20.9 Å². The first-order valence-electron chi connectivity index (χ1n) is 6.79. The normalized spacial score (nSPS) is 11.9. The van der Waals surface area contributed by atoms with Crippen LogP contribution < -0.4 is 16.0 Å². The van der Waals surface area contributed by atoms with Crippen LogP contribution in [0.5, 0.6) is 0 Å². The van der Waals surface area contributed by atoms with Gasteiger partial charge in [0.1, 0.15) is 5.69 Å². The summed E-state index contributed by atoms with van der Waals surface area (Å²) in [4.78, 5) is 14.6. The Bertz CT molecular complexity index is 508. The zero-order valence-electron chi connectivity index (χ0n) is 12.9. The molecule has 0 atom stereocenters. The van der Waals surface area contributed by atoms with E-state index in [4.69, 9.17) is 0 Å². The van der Waals surface area contributed by atoms with E-state index >= 15 is 0 Å². The Kier molecular flexibility index (Phi) is 5.95. The van der Waals surface area contributed by atoms with Gasteiger partial charge in [0, 0.05) is 31.7 Å². The molecule has 0 radical (unpaired) electrons. The molecule has 0 amide bonds. The molecule has 0 aliphatic heterocycles. The van der Waals surface area contributed by atoms with Crippen LogP contribution >= 0.6 is 0 Å². The Hall–Kier alpha value is -2.31. The number of nitro groups is 1. The fourth-order valence-corrected chi connectivity index (χ4v) is 1.69. The van der Waals surface area contributed by atoms with Crippen molar-refractivity contribution in [2.45, 2.75) is 26.3 Å². The van der Waals surface area contributed by atoms with Crippen LogP contribution in [0.25, 0.3) is 0 Å². The van der Waals surface area contributed by atoms with Crippen LogP contribution in [0.3, 0.4) is 0 Å². The van der Waals surface area contributed by atoms with Crippen molar-refractivity contribution >= 4 is 17.3 Å². The largest absolute Gasteiger partial charge is 0.378 e. The number of para-hydroxylation sites is 2. The van der Waals surface area contributed by atoms with E-state index in [9.17, 15) is 10.1 Å². The Morgan fingerprint density at radius 2 is 1.95 bits per heavy atom. The number of nitrogens with zero attached hydrogens (tertiary/aromatic N) is 2. The van der Waals surface area contributed by atoms with Crippen molar-refractivity contribution in [2.24, 2.45) is 4.99 Å². The van der Waals surface area contributed by atoms with Crippen molar-refractivity contribution in [1.82, 2.24) is 10.6 Å². The molecule has 1 rings (SSSR count). The summed E-state index contributed by atoms with van der Waals surface area (Å²) in [7, 11) is 1.70. The van der Waals surface area contributed by atoms with Gasteiger partial charge < -0.3 is 16.0 Å². The number of benzene rings is 1. The number of hydrogen-bond acceptors (Lipinski definition) is 4. The summed E-state index contributed by atoms with van der Waals surface area (Å²) in [6, 6.07) is 6.59. The molecule has 0 saturated carbocycles. The minimum Gasteiger partial charge on any atom is -0.378 e. The summed E-state index contributed by atoms with van der Waals surface area (Å²) < 4.78 is 0. The highest BCUT2D eigenvalue weighted by molar-refractivity contribution is 5.80. The molecule has 7 nitrogen and oxygen atoms in total. The first kappa shape index (κ1) is 16.7. The van der Waals surface area contributed by atoms with Crippen LogP contribution in [-0.4, -0.2) is 36.6 Å². The molecule has 0 bridgehead atoms. The lowest BCUT2D eigenvalue weighted by molar-refractivity contribution is -0.384. The van der Waals surface area contributed by atoms with Crippen LogP contribution in [-0.2, 0) is 0 Å². The number of rotatable bonds is 5. The predicted octanol–water partition coefficient (Wildman–Crippen LogP) is 1.97. The molecule has 0 aliphatic rings. The van der Waals surface area contributed by atoms with Gasteiger partial charge in [-0.25, -0.2) is 0 Å². The van der Waals surface area contributed by atoms with Crippen molar-refractivity contribution in [3.8, 4) is 0 Å². The zero-order valence-corrected chi connectivity index (χ0v) is 12.9. The Labute approximate surface area is 125 Å². The van der Waals surface area contributed by atoms with Gasteiger partial charge in [-0.15, -0.1) is 0 Å². The quantitative estimate of drug-likeness (QED) is 0.254. The number of anilines is 1. The van der Waals surface area contributed by atoms with Crippen molar-refractivity contribution < 1.29 is 4.92 Å². The monoisotopic (exact) mass is 293 g/mol. The van der Waals surface area contributed by atoms with E-state index in [1.807, 2.05) is 20.8 Å². The van der Waals surface area contributed by atoms with Gasteiger partial charge in [-0.3, -0.25) is 15.1 Å². The minimum absolute atomic E-state index is 0.0759. The molecule has 1 aromatic rings. The highest BCUT2D eigenvalue weighted by Gasteiger charge is 2.12. The molecule has 0 spiro atoms. The second-order valence-corrected chi connectivity index (χ2v) is 5.58. The number of aliphatic imine (C=N–C) groups is 1. The maximum absolute atomic E-state index is 10.9. The number of nitrogens with one attached hydrogen (secondary N) is 3. The highest BCUT2D eigenvalue weighted by Crippen LogP contribution is 2.22. The average molecular weight is 293 g/mol. The summed E-state index contributed by atoms with van der Waals surface area (Å²) in [6.07, 6.45) is 0. The molecule has 7 heteroatoms. The molecular formula is C14H23N5O2. The van der Waals surface area contributed by atoms with Crippen LogP contribution in [0.1, 0.15) is 20.8 Å². The molecule has 1 aromatic carbocycles. The van der Waals surface area contributed by atoms with Gasteiger partial charge in [0.15, 0.2) is 5.96 Å². The fraction of sp³-hybridized carbons (Fsp3) is 0.500. The lowest BCUT2D eigenvalue weighted by atomic mass is 10.1. The standard InChI is InChI=1S/C14H23N5O2/c1-14(2,3)18-13(15-4)17-10-9-16-11-7-5-6-8-12(11)19(20)21/h5-8,16H,9-10H2,1-4H3,(H2,15,17,18). The third kappa shape index (κ3) is 6.11. The van der Waals surface area contributed by atoms with E-state index in [1.165, 1.54) is 6.07 Å². The Balaban J connectivity index is 2.46. The van der Waals surface area contributed by atoms with E-state index in [-0.39, 0.29) is 11.2 Å². The van der Waals surface area contributed by atoms with Crippen molar-refractivity contribution in [2.75, 3.05) is 25.5 Å².